The molecule has 4 rings (SSSR count). The number of benzene rings is 3. The van der Waals surface area contributed by atoms with Gasteiger partial charge in [0.15, 0.2) is 29.5 Å². The summed E-state index contributed by atoms with van der Waals surface area (Å²) in [6.45, 7) is 1.33. The summed E-state index contributed by atoms with van der Waals surface area (Å²) >= 11 is 0. The Morgan fingerprint density at radius 2 is 1.25 bits per heavy atom. The van der Waals surface area contributed by atoms with Gasteiger partial charge in [-0.2, -0.15) is 0 Å². The predicted octanol–water partition coefficient (Wildman–Crippen LogP) is 7.43. The van der Waals surface area contributed by atoms with E-state index in [1.54, 1.807) is 0 Å². The van der Waals surface area contributed by atoms with Crippen molar-refractivity contribution in [3.05, 3.63) is 88.2 Å². The zero-order chi connectivity index (χ0) is 26.6. The Morgan fingerprint density at radius 1 is 0.750 bits per heavy atom. The Kier molecular flexibility index (Phi) is 8.85. The summed E-state index contributed by atoms with van der Waals surface area (Å²) in [7, 11) is 0. The minimum atomic E-state index is -1.65. The molecule has 3 aromatic rings. The van der Waals surface area contributed by atoms with Crippen molar-refractivity contribution in [2.24, 2.45) is 5.92 Å². The summed E-state index contributed by atoms with van der Waals surface area (Å²) in [6, 6.07) is 4.20. The van der Waals surface area contributed by atoms with Crippen LogP contribution in [0.2, 0.25) is 0 Å². The highest BCUT2D eigenvalue weighted by Crippen LogP contribution is 2.33. The maximum atomic E-state index is 14.4. The van der Waals surface area contributed by atoms with Gasteiger partial charge in [-0.05, 0) is 29.8 Å². The van der Waals surface area contributed by atoms with Crippen molar-refractivity contribution < 1.29 is 54.1 Å². The molecule has 3 nitrogen and oxygen atoms in total. The van der Waals surface area contributed by atoms with E-state index < -0.39 is 70.6 Å². The molecule has 1 aliphatic rings. The average Bonchev–Trinajstić information content (AvgIpc) is 2.82. The van der Waals surface area contributed by atoms with E-state index in [1.807, 2.05) is 6.92 Å². The maximum Gasteiger partial charge on any atom is 0.194 e. The van der Waals surface area contributed by atoms with Crippen LogP contribution < -0.4 is 4.94 Å². The first-order valence-electron chi connectivity index (χ1n) is 10.2. The third kappa shape index (κ3) is 6.11. The summed E-state index contributed by atoms with van der Waals surface area (Å²) in [5.41, 5.74) is -1.60. The molecule has 0 unspecified atom stereocenters. The molecule has 12 heteroatoms. The zero-order valence-corrected chi connectivity index (χ0v) is 18.4. The van der Waals surface area contributed by atoms with Crippen LogP contribution in [0.4, 0.5) is 39.6 Å². The molecule has 1 aliphatic heterocycles. The third-order valence-electron chi connectivity index (χ3n) is 5.01. The molecule has 0 N–H and O–H groups in total. The van der Waals surface area contributed by atoms with E-state index in [9.17, 15) is 39.6 Å². The molecule has 0 atom stereocenters. The summed E-state index contributed by atoms with van der Waals surface area (Å²) in [6.07, 6.45) is -0.906. The van der Waals surface area contributed by atoms with Crippen molar-refractivity contribution in [3.63, 3.8) is 0 Å². The molecule has 0 saturated carbocycles. The van der Waals surface area contributed by atoms with Gasteiger partial charge < -0.3 is 9.47 Å². The van der Waals surface area contributed by atoms with E-state index in [0.29, 0.717) is 37.5 Å². The number of hydrogen-bond acceptors (Lipinski definition) is 3. The van der Waals surface area contributed by atoms with Gasteiger partial charge in [0.1, 0.15) is 29.9 Å². The van der Waals surface area contributed by atoms with Crippen LogP contribution in [0.1, 0.15) is 24.3 Å². The van der Waals surface area contributed by atoms with Gasteiger partial charge in [-0.1, -0.05) is 6.92 Å². The average molecular weight is 524 g/mol. The van der Waals surface area contributed by atoms with Crippen molar-refractivity contribution in [3.8, 4) is 16.9 Å². The second-order valence-corrected chi connectivity index (χ2v) is 7.79. The molecule has 194 valence electrons. The summed E-state index contributed by atoms with van der Waals surface area (Å²) < 4.78 is 127. The first-order chi connectivity index (χ1) is 17.0. The van der Waals surface area contributed by atoms with Crippen LogP contribution in [-0.4, -0.2) is 13.2 Å². The van der Waals surface area contributed by atoms with E-state index in [1.165, 1.54) is 0 Å². The maximum absolute atomic E-state index is 14.4. The third-order valence-corrected chi connectivity index (χ3v) is 5.01. The van der Waals surface area contributed by atoms with Crippen LogP contribution in [0.5, 0.6) is 5.75 Å². The fraction of sp³-hybridized carbons (Fsp3) is 0.250. The standard InChI is InChI=1S/C18H15F5O2.C6H2F4O/c1-9-7-24-18(25-8-9)11-4-15(22)17(16(23)5-11)10-2-13(20)12(6-19)14(21)3-10;7-4-1-3(11-10)2-5(8)6(4)9/h2-5,9,18H,6-8H2,1H3;1-2H. The molecule has 0 bridgehead atoms. The van der Waals surface area contributed by atoms with Gasteiger partial charge in [0.2, 0.25) is 0 Å². The van der Waals surface area contributed by atoms with E-state index in [2.05, 4.69) is 4.94 Å². The van der Waals surface area contributed by atoms with E-state index in [0.717, 1.165) is 12.1 Å². The lowest BCUT2D eigenvalue weighted by atomic mass is 10.00. The minimum absolute atomic E-state index is 0.131. The lowest BCUT2D eigenvalue weighted by Gasteiger charge is -2.27. The molecule has 36 heavy (non-hydrogen) atoms. The summed E-state index contributed by atoms with van der Waals surface area (Å²) in [4.78, 5) is 2.98. The Labute approximate surface area is 198 Å². The summed E-state index contributed by atoms with van der Waals surface area (Å²) in [5.74, 6) is -9.60. The number of hydrogen-bond donors (Lipinski definition) is 0. The normalized spacial score (nSPS) is 17.4. The van der Waals surface area contributed by atoms with Gasteiger partial charge in [-0.15, -0.1) is 0 Å². The highest BCUT2D eigenvalue weighted by Gasteiger charge is 2.25. The molecule has 0 radical (unpaired) electrons. The second-order valence-electron chi connectivity index (χ2n) is 7.79. The van der Waals surface area contributed by atoms with Crippen LogP contribution in [0.3, 0.4) is 0 Å². The highest BCUT2D eigenvalue weighted by atomic mass is 19.3. The fourth-order valence-electron chi connectivity index (χ4n) is 3.25. The first-order valence-corrected chi connectivity index (χ1v) is 10.2. The van der Waals surface area contributed by atoms with E-state index in [4.69, 9.17) is 9.47 Å². The molecule has 0 spiro atoms. The van der Waals surface area contributed by atoms with Gasteiger partial charge in [-0.3, -0.25) is 4.94 Å². The molecule has 0 aromatic heterocycles. The van der Waals surface area contributed by atoms with Crippen LogP contribution in [0.15, 0.2) is 36.4 Å². The van der Waals surface area contributed by atoms with Gasteiger partial charge >= 0.3 is 0 Å². The van der Waals surface area contributed by atoms with Crippen LogP contribution in [0, 0.1) is 46.6 Å². The molecule has 1 saturated heterocycles. The minimum Gasteiger partial charge on any atom is -0.348 e. The Bertz CT molecular complexity index is 1160. The predicted molar refractivity (Wildman–Crippen MR) is 108 cm³/mol. The van der Waals surface area contributed by atoms with Crippen molar-refractivity contribution >= 4 is 0 Å². The fourth-order valence-corrected chi connectivity index (χ4v) is 3.25. The van der Waals surface area contributed by atoms with Gasteiger partial charge in [0, 0.05) is 28.1 Å². The topological polar surface area (TPSA) is 27.7 Å². The van der Waals surface area contributed by atoms with Crippen LogP contribution in [-0.2, 0) is 16.1 Å². The number of ether oxygens (including phenoxy) is 2. The van der Waals surface area contributed by atoms with Crippen LogP contribution >= 0.6 is 0 Å². The van der Waals surface area contributed by atoms with E-state index >= 15 is 0 Å². The monoisotopic (exact) mass is 524 g/mol. The van der Waals surface area contributed by atoms with Crippen LogP contribution in [0.25, 0.3) is 11.1 Å². The Morgan fingerprint density at radius 3 is 1.69 bits per heavy atom. The highest BCUT2D eigenvalue weighted by molar-refractivity contribution is 5.66. The molecule has 0 aliphatic carbocycles. The molecule has 1 heterocycles. The smallest absolute Gasteiger partial charge is 0.194 e. The lowest BCUT2D eigenvalue weighted by molar-refractivity contribution is -0.202. The molecule has 3 aromatic carbocycles. The van der Waals surface area contributed by atoms with Crippen molar-refractivity contribution in [1.29, 1.82) is 0 Å². The van der Waals surface area contributed by atoms with Crippen molar-refractivity contribution in [2.45, 2.75) is 19.9 Å². The molecule has 1 fully saturated rings. The number of alkyl halides is 1. The first kappa shape index (κ1) is 27.3. The zero-order valence-electron chi connectivity index (χ0n) is 18.4. The SMILES string of the molecule is CC1COC(c2cc(F)c(-c3cc(F)c(CF)c(F)c3)c(F)c2)OC1.FOc1cc(F)c(F)c(F)c1. The van der Waals surface area contributed by atoms with Gasteiger partial charge in [0.05, 0.1) is 24.3 Å². The molecular formula is C24H17F9O3. The lowest BCUT2D eigenvalue weighted by Crippen LogP contribution is -2.25. The number of rotatable bonds is 4. The molecule has 0 amide bonds. The Hall–Kier alpha value is -3.25. The second kappa shape index (κ2) is 11.7. The largest absolute Gasteiger partial charge is 0.348 e. The van der Waals surface area contributed by atoms with E-state index in [-0.39, 0.29) is 17.0 Å². The van der Waals surface area contributed by atoms with Gasteiger partial charge in [0.25, 0.3) is 0 Å². The van der Waals surface area contributed by atoms with Gasteiger partial charge in [-0.25, -0.2) is 35.1 Å². The summed E-state index contributed by atoms with van der Waals surface area (Å²) in [5, 5.41) is 0. The molecular weight excluding hydrogens is 507 g/mol. The van der Waals surface area contributed by atoms with Crippen molar-refractivity contribution in [2.75, 3.05) is 13.2 Å². The quantitative estimate of drug-likeness (QED) is 0.263. The number of halogens is 9. The Balaban J connectivity index is 0.000000275. The van der Waals surface area contributed by atoms with Crippen molar-refractivity contribution in [1.82, 2.24) is 0 Å².